The van der Waals surface area contributed by atoms with Crippen LogP contribution < -0.4 is 10.2 Å². The van der Waals surface area contributed by atoms with E-state index in [0.29, 0.717) is 12.8 Å². The minimum absolute atomic E-state index is 0.120. The number of thioether (sulfide) groups is 1. The van der Waals surface area contributed by atoms with E-state index in [1.165, 1.54) is 4.90 Å². The standard InChI is InChI=1S/C13H19F3N4OS/c1-20(2)10-7-9(13(14,15)16)18-11(19-10)17-8-12(21)3-5-22-6-4-12/h7,21H,3-6,8H2,1-2H3,(H,17,18,19). The Kier molecular flexibility index (Phi) is 5.06. The third kappa shape index (κ3) is 4.39. The number of aliphatic hydroxyl groups is 1. The molecule has 0 aliphatic carbocycles. The second-order valence-electron chi connectivity index (χ2n) is 5.52. The fourth-order valence-electron chi connectivity index (χ4n) is 2.06. The molecule has 22 heavy (non-hydrogen) atoms. The zero-order chi connectivity index (χ0) is 16.4. The molecule has 124 valence electrons. The Bertz CT molecular complexity index is 518. The first-order valence-electron chi connectivity index (χ1n) is 6.87. The van der Waals surface area contributed by atoms with Gasteiger partial charge in [0, 0.05) is 26.7 Å². The smallest absolute Gasteiger partial charge is 0.388 e. The van der Waals surface area contributed by atoms with E-state index < -0.39 is 17.5 Å². The molecular formula is C13H19F3N4OS. The highest BCUT2D eigenvalue weighted by Crippen LogP contribution is 2.31. The molecule has 1 fully saturated rings. The monoisotopic (exact) mass is 336 g/mol. The lowest BCUT2D eigenvalue weighted by molar-refractivity contribution is -0.141. The minimum atomic E-state index is -4.54. The highest BCUT2D eigenvalue weighted by molar-refractivity contribution is 7.99. The van der Waals surface area contributed by atoms with E-state index in [2.05, 4.69) is 15.3 Å². The highest BCUT2D eigenvalue weighted by atomic mass is 32.2. The van der Waals surface area contributed by atoms with E-state index in [1.807, 2.05) is 0 Å². The van der Waals surface area contributed by atoms with Crippen LogP contribution >= 0.6 is 11.8 Å². The Morgan fingerprint density at radius 3 is 2.50 bits per heavy atom. The maximum absolute atomic E-state index is 12.9. The van der Waals surface area contributed by atoms with Crippen molar-refractivity contribution in [2.75, 3.05) is 42.4 Å². The predicted octanol–water partition coefficient (Wildman–Crippen LogP) is 2.23. The third-order valence-corrected chi connectivity index (χ3v) is 4.45. The molecule has 1 aromatic heterocycles. The van der Waals surface area contributed by atoms with Crippen LogP contribution in [0.1, 0.15) is 18.5 Å². The number of aromatic nitrogens is 2. The molecule has 0 bridgehead atoms. The van der Waals surface area contributed by atoms with Crippen LogP contribution in [0.3, 0.4) is 0 Å². The number of hydrogen-bond acceptors (Lipinski definition) is 6. The van der Waals surface area contributed by atoms with Gasteiger partial charge in [-0.3, -0.25) is 0 Å². The van der Waals surface area contributed by atoms with Crippen LogP contribution in [-0.4, -0.2) is 52.8 Å². The summed E-state index contributed by atoms with van der Waals surface area (Å²) in [6.07, 6.45) is -3.34. The van der Waals surface area contributed by atoms with Crippen LogP contribution in [0.15, 0.2) is 6.07 Å². The van der Waals surface area contributed by atoms with Gasteiger partial charge in [0.25, 0.3) is 0 Å². The topological polar surface area (TPSA) is 61.3 Å². The van der Waals surface area contributed by atoms with E-state index in [0.717, 1.165) is 17.6 Å². The lowest BCUT2D eigenvalue weighted by Gasteiger charge is -2.31. The quantitative estimate of drug-likeness (QED) is 0.879. The van der Waals surface area contributed by atoms with E-state index in [4.69, 9.17) is 0 Å². The van der Waals surface area contributed by atoms with Gasteiger partial charge < -0.3 is 15.3 Å². The number of halogens is 3. The minimum Gasteiger partial charge on any atom is -0.388 e. The summed E-state index contributed by atoms with van der Waals surface area (Å²) in [7, 11) is 3.22. The second kappa shape index (κ2) is 6.49. The van der Waals surface area contributed by atoms with Crippen LogP contribution in [0.25, 0.3) is 0 Å². The van der Waals surface area contributed by atoms with E-state index in [-0.39, 0.29) is 18.3 Å². The average Bonchev–Trinajstić information content (AvgIpc) is 2.45. The molecule has 1 saturated heterocycles. The Labute approximate surface area is 131 Å². The Hall–Kier alpha value is -1.22. The Morgan fingerprint density at radius 1 is 1.32 bits per heavy atom. The molecule has 1 aliphatic heterocycles. The molecule has 1 aromatic rings. The van der Waals surface area contributed by atoms with Gasteiger partial charge in [-0.15, -0.1) is 0 Å². The second-order valence-corrected chi connectivity index (χ2v) is 6.74. The molecule has 1 aliphatic rings. The predicted molar refractivity (Wildman–Crippen MR) is 81.4 cm³/mol. The summed E-state index contributed by atoms with van der Waals surface area (Å²) in [6.45, 7) is 0.141. The lowest BCUT2D eigenvalue weighted by Crippen LogP contribution is -2.40. The van der Waals surface area contributed by atoms with Crippen molar-refractivity contribution < 1.29 is 18.3 Å². The molecule has 0 saturated carbocycles. The summed E-state index contributed by atoms with van der Waals surface area (Å²) in [6, 6.07) is 0.900. The van der Waals surface area contributed by atoms with Crippen LogP contribution in [0.5, 0.6) is 0 Å². The fraction of sp³-hybridized carbons (Fsp3) is 0.692. The molecule has 0 unspecified atom stereocenters. The van der Waals surface area contributed by atoms with Crippen molar-refractivity contribution >= 4 is 23.5 Å². The van der Waals surface area contributed by atoms with Crippen LogP contribution in [0.2, 0.25) is 0 Å². The molecule has 0 atom stereocenters. The third-order valence-electron chi connectivity index (χ3n) is 3.46. The van der Waals surface area contributed by atoms with Crippen molar-refractivity contribution in [3.8, 4) is 0 Å². The van der Waals surface area contributed by atoms with Crippen molar-refractivity contribution in [2.24, 2.45) is 0 Å². The summed E-state index contributed by atoms with van der Waals surface area (Å²) < 4.78 is 38.7. The number of nitrogens with zero attached hydrogens (tertiary/aromatic N) is 3. The number of rotatable bonds is 4. The van der Waals surface area contributed by atoms with Crippen molar-refractivity contribution in [1.82, 2.24) is 9.97 Å². The summed E-state index contributed by atoms with van der Waals surface area (Å²) in [4.78, 5) is 9.04. The summed E-state index contributed by atoms with van der Waals surface area (Å²) >= 11 is 1.76. The maximum atomic E-state index is 12.9. The van der Waals surface area contributed by atoms with Gasteiger partial charge in [0.1, 0.15) is 5.82 Å². The average molecular weight is 336 g/mol. The van der Waals surface area contributed by atoms with Crippen molar-refractivity contribution in [3.63, 3.8) is 0 Å². The highest BCUT2D eigenvalue weighted by Gasteiger charge is 2.34. The normalized spacial score (nSPS) is 18.1. The van der Waals surface area contributed by atoms with Crippen LogP contribution in [0.4, 0.5) is 24.9 Å². The van der Waals surface area contributed by atoms with Gasteiger partial charge in [-0.1, -0.05) is 0 Å². The number of alkyl halides is 3. The van der Waals surface area contributed by atoms with Gasteiger partial charge in [-0.2, -0.15) is 29.9 Å². The molecule has 2 heterocycles. The molecule has 2 rings (SSSR count). The molecular weight excluding hydrogens is 317 g/mol. The van der Waals surface area contributed by atoms with Gasteiger partial charge in [0.2, 0.25) is 5.95 Å². The molecule has 0 aromatic carbocycles. The van der Waals surface area contributed by atoms with Crippen molar-refractivity contribution in [2.45, 2.75) is 24.6 Å². The largest absolute Gasteiger partial charge is 0.433 e. The van der Waals surface area contributed by atoms with Gasteiger partial charge in [-0.05, 0) is 24.3 Å². The number of anilines is 2. The summed E-state index contributed by atoms with van der Waals surface area (Å²) in [5, 5.41) is 13.1. The van der Waals surface area contributed by atoms with Crippen LogP contribution in [0, 0.1) is 0 Å². The Balaban J connectivity index is 2.17. The summed E-state index contributed by atoms with van der Waals surface area (Å²) in [5.74, 6) is 1.72. The SMILES string of the molecule is CN(C)c1cc(C(F)(F)F)nc(NCC2(O)CCSCC2)n1. The molecule has 0 radical (unpaired) electrons. The molecule has 5 nitrogen and oxygen atoms in total. The summed E-state index contributed by atoms with van der Waals surface area (Å²) in [5.41, 5.74) is -1.92. The van der Waals surface area contributed by atoms with Crippen LogP contribution in [-0.2, 0) is 6.18 Å². The first-order valence-corrected chi connectivity index (χ1v) is 8.03. The van der Waals surface area contributed by atoms with Crippen molar-refractivity contribution in [1.29, 1.82) is 0 Å². The van der Waals surface area contributed by atoms with Gasteiger partial charge in [0.05, 0.1) is 5.60 Å². The van der Waals surface area contributed by atoms with Gasteiger partial charge in [0.15, 0.2) is 5.69 Å². The maximum Gasteiger partial charge on any atom is 0.433 e. The first-order chi connectivity index (χ1) is 10.2. The van der Waals surface area contributed by atoms with Gasteiger partial charge in [-0.25, -0.2) is 4.98 Å². The zero-order valence-electron chi connectivity index (χ0n) is 12.4. The first kappa shape index (κ1) is 17.1. The Morgan fingerprint density at radius 2 is 1.95 bits per heavy atom. The fourth-order valence-corrected chi connectivity index (χ4v) is 3.31. The molecule has 0 amide bonds. The zero-order valence-corrected chi connectivity index (χ0v) is 13.3. The number of nitrogens with one attached hydrogen (secondary N) is 1. The van der Waals surface area contributed by atoms with E-state index in [1.54, 1.807) is 25.9 Å². The van der Waals surface area contributed by atoms with Crippen molar-refractivity contribution in [3.05, 3.63) is 11.8 Å². The lowest BCUT2D eigenvalue weighted by atomic mass is 9.97. The van der Waals surface area contributed by atoms with Gasteiger partial charge >= 0.3 is 6.18 Å². The number of hydrogen-bond donors (Lipinski definition) is 2. The molecule has 2 N–H and O–H groups in total. The van der Waals surface area contributed by atoms with E-state index >= 15 is 0 Å². The van der Waals surface area contributed by atoms with E-state index in [9.17, 15) is 18.3 Å². The molecule has 9 heteroatoms. The molecule has 0 spiro atoms.